The van der Waals surface area contributed by atoms with Gasteiger partial charge in [-0.15, -0.1) is 0 Å². The van der Waals surface area contributed by atoms with Crippen LogP contribution < -0.4 is 4.74 Å². The molecule has 18 heavy (non-hydrogen) atoms. The Morgan fingerprint density at radius 2 is 2.11 bits per heavy atom. The van der Waals surface area contributed by atoms with Gasteiger partial charge in [-0.05, 0) is 50.3 Å². The first-order chi connectivity index (χ1) is 8.61. The summed E-state index contributed by atoms with van der Waals surface area (Å²) in [6.07, 6.45) is -0.154. The standard InChI is InChI=1S/C12H14BrN3OS/c1-3-16-11(14-15-12(16)18)8(2)17-10-6-4-9(13)5-7-10/h4-8H,3H2,1-2H3,(H,15,18)/t8-/m0/s1. The first-order valence-electron chi connectivity index (χ1n) is 5.69. The zero-order valence-corrected chi connectivity index (χ0v) is 12.6. The maximum absolute atomic E-state index is 5.84. The highest BCUT2D eigenvalue weighted by Crippen LogP contribution is 2.22. The average molecular weight is 328 g/mol. The summed E-state index contributed by atoms with van der Waals surface area (Å²) < 4.78 is 9.42. The fourth-order valence-corrected chi connectivity index (χ4v) is 2.25. The van der Waals surface area contributed by atoms with E-state index < -0.39 is 0 Å². The largest absolute Gasteiger partial charge is 0.483 e. The predicted octanol–water partition coefficient (Wildman–Crippen LogP) is 3.86. The van der Waals surface area contributed by atoms with Crippen LogP contribution in [-0.4, -0.2) is 14.8 Å². The van der Waals surface area contributed by atoms with Crippen molar-refractivity contribution in [2.75, 3.05) is 0 Å². The van der Waals surface area contributed by atoms with Gasteiger partial charge in [0, 0.05) is 11.0 Å². The van der Waals surface area contributed by atoms with Crippen molar-refractivity contribution < 1.29 is 4.74 Å². The number of nitrogens with one attached hydrogen (secondary N) is 1. The second kappa shape index (κ2) is 5.67. The molecule has 1 atom stereocenters. The molecule has 0 aliphatic carbocycles. The van der Waals surface area contributed by atoms with E-state index >= 15 is 0 Å². The van der Waals surface area contributed by atoms with Gasteiger partial charge in [-0.25, -0.2) is 0 Å². The minimum absolute atomic E-state index is 0.154. The normalized spacial score (nSPS) is 12.4. The van der Waals surface area contributed by atoms with Crippen molar-refractivity contribution in [2.45, 2.75) is 26.5 Å². The van der Waals surface area contributed by atoms with Crippen LogP contribution in [0.2, 0.25) is 0 Å². The molecular formula is C12H14BrN3OS. The van der Waals surface area contributed by atoms with E-state index in [0.29, 0.717) is 4.77 Å². The van der Waals surface area contributed by atoms with Crippen molar-refractivity contribution in [3.8, 4) is 5.75 Å². The van der Waals surface area contributed by atoms with E-state index in [-0.39, 0.29) is 6.10 Å². The summed E-state index contributed by atoms with van der Waals surface area (Å²) in [7, 11) is 0. The maximum Gasteiger partial charge on any atom is 0.195 e. The molecule has 0 amide bonds. The highest BCUT2D eigenvalue weighted by molar-refractivity contribution is 9.10. The average Bonchev–Trinajstić information content (AvgIpc) is 2.73. The number of aromatic nitrogens is 3. The van der Waals surface area contributed by atoms with Crippen LogP contribution in [0.3, 0.4) is 0 Å². The second-order valence-corrected chi connectivity index (χ2v) is 5.15. The predicted molar refractivity (Wildman–Crippen MR) is 76.3 cm³/mol. The van der Waals surface area contributed by atoms with Gasteiger partial charge in [0.1, 0.15) is 5.75 Å². The summed E-state index contributed by atoms with van der Waals surface area (Å²) in [6.45, 7) is 4.76. The molecule has 0 bridgehead atoms. The number of aromatic amines is 1. The lowest BCUT2D eigenvalue weighted by Crippen LogP contribution is -2.11. The highest BCUT2D eigenvalue weighted by Gasteiger charge is 2.14. The van der Waals surface area contributed by atoms with Crippen LogP contribution in [-0.2, 0) is 6.54 Å². The Kier molecular flexibility index (Phi) is 4.19. The Morgan fingerprint density at radius 1 is 1.44 bits per heavy atom. The smallest absolute Gasteiger partial charge is 0.195 e. The molecule has 0 spiro atoms. The van der Waals surface area contributed by atoms with E-state index in [1.165, 1.54) is 0 Å². The first kappa shape index (κ1) is 13.3. The topological polar surface area (TPSA) is 42.8 Å². The van der Waals surface area contributed by atoms with Gasteiger partial charge in [-0.2, -0.15) is 5.10 Å². The van der Waals surface area contributed by atoms with Crippen LogP contribution in [0.25, 0.3) is 0 Å². The van der Waals surface area contributed by atoms with Gasteiger partial charge in [0.2, 0.25) is 0 Å². The van der Waals surface area contributed by atoms with Crippen LogP contribution in [0, 0.1) is 4.77 Å². The van der Waals surface area contributed by atoms with Crippen molar-refractivity contribution in [3.05, 3.63) is 39.3 Å². The minimum Gasteiger partial charge on any atom is -0.483 e. The Balaban J connectivity index is 2.19. The number of hydrogen-bond donors (Lipinski definition) is 1. The first-order valence-corrected chi connectivity index (χ1v) is 6.89. The summed E-state index contributed by atoms with van der Waals surface area (Å²) >= 11 is 8.55. The summed E-state index contributed by atoms with van der Waals surface area (Å²) in [5.41, 5.74) is 0. The van der Waals surface area contributed by atoms with Crippen molar-refractivity contribution in [1.82, 2.24) is 14.8 Å². The highest BCUT2D eigenvalue weighted by atomic mass is 79.9. The summed E-state index contributed by atoms with van der Waals surface area (Å²) in [6, 6.07) is 7.72. The molecule has 2 aromatic rings. The van der Waals surface area contributed by atoms with E-state index in [2.05, 4.69) is 26.1 Å². The number of ether oxygens (including phenoxy) is 1. The lowest BCUT2D eigenvalue weighted by atomic mass is 10.3. The van der Waals surface area contributed by atoms with Crippen molar-refractivity contribution in [1.29, 1.82) is 0 Å². The van der Waals surface area contributed by atoms with E-state index in [0.717, 1.165) is 22.6 Å². The van der Waals surface area contributed by atoms with Gasteiger partial charge < -0.3 is 9.30 Å². The number of halogens is 1. The summed E-state index contributed by atoms with van der Waals surface area (Å²) in [5, 5.41) is 7.00. The quantitative estimate of drug-likeness (QED) is 0.867. The molecule has 0 unspecified atom stereocenters. The van der Waals surface area contributed by atoms with Crippen molar-refractivity contribution in [2.24, 2.45) is 0 Å². The maximum atomic E-state index is 5.84. The van der Waals surface area contributed by atoms with E-state index in [1.807, 2.05) is 42.7 Å². The molecule has 6 heteroatoms. The van der Waals surface area contributed by atoms with Gasteiger partial charge >= 0.3 is 0 Å². The van der Waals surface area contributed by atoms with Crippen LogP contribution in [0.5, 0.6) is 5.75 Å². The fraction of sp³-hybridized carbons (Fsp3) is 0.333. The number of H-pyrrole nitrogens is 1. The molecule has 0 radical (unpaired) electrons. The number of hydrogen-bond acceptors (Lipinski definition) is 3. The molecule has 0 fully saturated rings. The number of rotatable bonds is 4. The molecule has 1 aromatic heterocycles. The molecule has 1 heterocycles. The Hall–Kier alpha value is -1.14. The fourth-order valence-electron chi connectivity index (χ4n) is 1.72. The number of benzene rings is 1. The van der Waals surface area contributed by atoms with Gasteiger partial charge in [0.15, 0.2) is 16.7 Å². The zero-order valence-electron chi connectivity index (χ0n) is 10.2. The zero-order chi connectivity index (χ0) is 13.1. The molecular weight excluding hydrogens is 314 g/mol. The van der Waals surface area contributed by atoms with Gasteiger partial charge in [-0.1, -0.05) is 15.9 Å². The van der Waals surface area contributed by atoms with Crippen LogP contribution in [0.1, 0.15) is 25.8 Å². The molecule has 1 N–H and O–H groups in total. The summed E-state index contributed by atoms with van der Waals surface area (Å²) in [4.78, 5) is 0. The number of nitrogens with zero attached hydrogens (tertiary/aromatic N) is 2. The molecule has 4 nitrogen and oxygen atoms in total. The Morgan fingerprint density at radius 3 is 2.72 bits per heavy atom. The monoisotopic (exact) mass is 327 g/mol. The molecule has 2 rings (SSSR count). The van der Waals surface area contributed by atoms with E-state index in [4.69, 9.17) is 17.0 Å². The Labute approximate surface area is 119 Å². The molecule has 1 aromatic carbocycles. The third kappa shape index (κ3) is 2.81. The van der Waals surface area contributed by atoms with Crippen LogP contribution in [0.15, 0.2) is 28.7 Å². The molecule has 0 saturated carbocycles. The van der Waals surface area contributed by atoms with E-state index in [1.54, 1.807) is 0 Å². The summed E-state index contributed by atoms with van der Waals surface area (Å²) in [5.74, 6) is 1.62. The molecule has 0 saturated heterocycles. The second-order valence-electron chi connectivity index (χ2n) is 3.85. The van der Waals surface area contributed by atoms with E-state index in [9.17, 15) is 0 Å². The van der Waals surface area contributed by atoms with Gasteiger partial charge in [-0.3, -0.25) is 5.10 Å². The molecule has 0 aliphatic heterocycles. The lowest BCUT2D eigenvalue weighted by molar-refractivity contribution is 0.210. The third-order valence-electron chi connectivity index (χ3n) is 2.59. The van der Waals surface area contributed by atoms with Gasteiger partial charge in [0.05, 0.1) is 0 Å². The van der Waals surface area contributed by atoms with Crippen molar-refractivity contribution in [3.63, 3.8) is 0 Å². The van der Waals surface area contributed by atoms with Crippen LogP contribution >= 0.6 is 28.1 Å². The molecule has 96 valence electrons. The SMILES string of the molecule is CCn1c([C@H](C)Oc2ccc(Br)cc2)n[nH]c1=S. The minimum atomic E-state index is -0.154. The third-order valence-corrected chi connectivity index (χ3v) is 3.43. The van der Waals surface area contributed by atoms with Gasteiger partial charge in [0.25, 0.3) is 0 Å². The van der Waals surface area contributed by atoms with Crippen LogP contribution in [0.4, 0.5) is 0 Å². The Bertz CT molecular complexity index is 576. The molecule has 0 aliphatic rings. The van der Waals surface area contributed by atoms with Crippen molar-refractivity contribution >= 4 is 28.1 Å². The lowest BCUT2D eigenvalue weighted by Gasteiger charge is -2.14.